The Labute approximate surface area is 87.3 Å². The molecule has 0 atom stereocenters. The van der Waals surface area contributed by atoms with Crippen LogP contribution in [-0.4, -0.2) is 0 Å². The largest absolute Gasteiger partial charge is 0.399 e. The summed E-state index contributed by atoms with van der Waals surface area (Å²) in [6.07, 6.45) is 0. The highest BCUT2D eigenvalue weighted by atomic mass is 19.1. The normalized spacial score (nSPS) is 10.2. The van der Waals surface area contributed by atoms with Crippen LogP contribution in [0, 0.1) is 5.82 Å². The van der Waals surface area contributed by atoms with Gasteiger partial charge >= 0.3 is 0 Å². The first-order valence-corrected chi connectivity index (χ1v) is 4.58. The molecule has 0 aromatic heterocycles. The molecule has 0 saturated heterocycles. The summed E-state index contributed by atoms with van der Waals surface area (Å²) >= 11 is 0. The van der Waals surface area contributed by atoms with Crippen LogP contribution in [0.15, 0.2) is 42.5 Å². The second-order valence-electron chi connectivity index (χ2n) is 3.33. The first-order chi connectivity index (χ1) is 7.18. The predicted molar refractivity (Wildman–Crippen MR) is 60.7 cm³/mol. The van der Waals surface area contributed by atoms with Crippen molar-refractivity contribution < 1.29 is 4.39 Å². The van der Waals surface area contributed by atoms with E-state index in [-0.39, 0.29) is 5.69 Å². The van der Waals surface area contributed by atoms with E-state index in [1.165, 1.54) is 6.07 Å². The van der Waals surface area contributed by atoms with Crippen molar-refractivity contribution in [1.29, 1.82) is 0 Å². The van der Waals surface area contributed by atoms with Crippen LogP contribution in [-0.2, 0) is 0 Å². The first kappa shape index (κ1) is 9.52. The smallest absolute Gasteiger partial charge is 0.153 e. The second kappa shape index (κ2) is 3.61. The predicted octanol–water partition coefficient (Wildman–Crippen LogP) is 2.66. The highest BCUT2D eigenvalue weighted by Gasteiger charge is 2.07. The molecule has 0 aliphatic rings. The van der Waals surface area contributed by atoms with Gasteiger partial charge in [0.2, 0.25) is 0 Å². The Morgan fingerprint density at radius 2 is 1.67 bits per heavy atom. The number of hydrogen-bond donors (Lipinski definition) is 2. The lowest BCUT2D eigenvalue weighted by atomic mass is 10.0. The van der Waals surface area contributed by atoms with E-state index in [0.29, 0.717) is 11.3 Å². The number of halogens is 1. The van der Waals surface area contributed by atoms with Crippen LogP contribution in [0.3, 0.4) is 0 Å². The fourth-order valence-corrected chi connectivity index (χ4v) is 1.48. The van der Waals surface area contributed by atoms with Crippen molar-refractivity contribution in [2.45, 2.75) is 0 Å². The Morgan fingerprint density at radius 3 is 2.40 bits per heavy atom. The number of hydrogen-bond acceptors (Lipinski definition) is 2. The van der Waals surface area contributed by atoms with Gasteiger partial charge in [0.15, 0.2) is 5.82 Å². The molecule has 2 aromatic rings. The van der Waals surface area contributed by atoms with Gasteiger partial charge in [-0.05, 0) is 23.8 Å². The molecule has 15 heavy (non-hydrogen) atoms. The maximum Gasteiger partial charge on any atom is 0.153 e. The number of benzene rings is 2. The number of nitrogen functional groups attached to an aromatic ring is 2. The molecule has 4 N–H and O–H groups in total. The summed E-state index contributed by atoms with van der Waals surface area (Å²) in [6.45, 7) is 0. The first-order valence-electron chi connectivity index (χ1n) is 4.58. The van der Waals surface area contributed by atoms with E-state index in [4.69, 9.17) is 11.5 Å². The van der Waals surface area contributed by atoms with Gasteiger partial charge in [-0.15, -0.1) is 0 Å². The summed E-state index contributed by atoms with van der Waals surface area (Å²) in [5.74, 6) is -0.400. The standard InChI is InChI=1S/C12H11FN2/c13-12-10(5-2-6-11(12)15)8-3-1-4-9(14)7-8/h1-7H,14-15H2. The lowest BCUT2D eigenvalue weighted by Gasteiger charge is -2.05. The molecule has 0 bridgehead atoms. The minimum absolute atomic E-state index is 0.148. The summed E-state index contributed by atoms with van der Waals surface area (Å²) in [5, 5.41) is 0. The molecule has 0 saturated carbocycles. The van der Waals surface area contributed by atoms with Crippen molar-refractivity contribution >= 4 is 11.4 Å². The van der Waals surface area contributed by atoms with E-state index in [1.54, 1.807) is 36.4 Å². The Bertz CT molecular complexity index is 495. The van der Waals surface area contributed by atoms with E-state index < -0.39 is 5.82 Å². The summed E-state index contributed by atoms with van der Waals surface area (Å²) in [6, 6.07) is 12.0. The van der Waals surface area contributed by atoms with Gasteiger partial charge in [0.1, 0.15) is 0 Å². The van der Waals surface area contributed by atoms with Gasteiger partial charge in [-0.1, -0.05) is 24.3 Å². The Kier molecular flexibility index (Phi) is 2.29. The molecule has 2 nitrogen and oxygen atoms in total. The molecule has 76 valence electrons. The Morgan fingerprint density at radius 1 is 0.933 bits per heavy atom. The highest BCUT2D eigenvalue weighted by Crippen LogP contribution is 2.27. The van der Waals surface area contributed by atoms with Crippen molar-refractivity contribution in [3.63, 3.8) is 0 Å². The SMILES string of the molecule is Nc1cccc(-c2cccc(N)c2F)c1. The summed E-state index contributed by atoms with van der Waals surface area (Å²) in [5.41, 5.74) is 13.1. The number of nitrogens with two attached hydrogens (primary N) is 2. The minimum atomic E-state index is -0.400. The minimum Gasteiger partial charge on any atom is -0.399 e. The third-order valence-corrected chi connectivity index (χ3v) is 2.23. The Balaban J connectivity index is 2.59. The Hall–Kier alpha value is -2.03. The van der Waals surface area contributed by atoms with Crippen LogP contribution in [0.2, 0.25) is 0 Å². The van der Waals surface area contributed by atoms with E-state index in [0.717, 1.165) is 5.56 Å². The maximum atomic E-state index is 13.7. The zero-order valence-electron chi connectivity index (χ0n) is 8.07. The molecule has 0 fully saturated rings. The van der Waals surface area contributed by atoms with Crippen LogP contribution < -0.4 is 11.5 Å². The molecular formula is C12H11FN2. The molecular weight excluding hydrogens is 191 g/mol. The second-order valence-corrected chi connectivity index (χ2v) is 3.33. The molecule has 0 unspecified atom stereocenters. The lowest BCUT2D eigenvalue weighted by molar-refractivity contribution is 0.636. The molecule has 0 heterocycles. The maximum absolute atomic E-state index is 13.7. The molecule has 2 aromatic carbocycles. The van der Waals surface area contributed by atoms with Gasteiger partial charge in [0, 0.05) is 11.3 Å². The van der Waals surface area contributed by atoms with Gasteiger partial charge in [-0.3, -0.25) is 0 Å². The molecule has 0 amide bonds. The summed E-state index contributed by atoms with van der Waals surface area (Å²) in [7, 11) is 0. The monoisotopic (exact) mass is 202 g/mol. The van der Waals surface area contributed by atoms with Crippen molar-refractivity contribution in [1.82, 2.24) is 0 Å². The van der Waals surface area contributed by atoms with E-state index >= 15 is 0 Å². The van der Waals surface area contributed by atoms with Gasteiger partial charge < -0.3 is 11.5 Å². The molecule has 0 aliphatic carbocycles. The third-order valence-electron chi connectivity index (χ3n) is 2.23. The van der Waals surface area contributed by atoms with Crippen LogP contribution in [0.5, 0.6) is 0 Å². The molecule has 0 spiro atoms. The average molecular weight is 202 g/mol. The van der Waals surface area contributed by atoms with Gasteiger partial charge in [-0.2, -0.15) is 0 Å². The van der Waals surface area contributed by atoms with Crippen LogP contribution in [0.4, 0.5) is 15.8 Å². The van der Waals surface area contributed by atoms with E-state index in [2.05, 4.69) is 0 Å². The van der Waals surface area contributed by atoms with Crippen molar-refractivity contribution in [3.05, 3.63) is 48.3 Å². The van der Waals surface area contributed by atoms with Crippen molar-refractivity contribution in [2.24, 2.45) is 0 Å². The fourth-order valence-electron chi connectivity index (χ4n) is 1.48. The molecule has 3 heteroatoms. The van der Waals surface area contributed by atoms with Gasteiger partial charge in [0.25, 0.3) is 0 Å². The van der Waals surface area contributed by atoms with Gasteiger partial charge in [-0.25, -0.2) is 4.39 Å². The summed E-state index contributed by atoms with van der Waals surface area (Å²) < 4.78 is 13.7. The lowest BCUT2D eigenvalue weighted by Crippen LogP contribution is -1.93. The fraction of sp³-hybridized carbons (Fsp3) is 0. The topological polar surface area (TPSA) is 52.0 Å². The molecule has 0 radical (unpaired) electrons. The zero-order valence-corrected chi connectivity index (χ0v) is 8.07. The van der Waals surface area contributed by atoms with Crippen LogP contribution in [0.25, 0.3) is 11.1 Å². The molecule has 2 rings (SSSR count). The van der Waals surface area contributed by atoms with Gasteiger partial charge in [0.05, 0.1) is 5.69 Å². The number of rotatable bonds is 1. The average Bonchev–Trinajstić information content (AvgIpc) is 2.22. The van der Waals surface area contributed by atoms with Crippen LogP contribution in [0.1, 0.15) is 0 Å². The third kappa shape index (κ3) is 1.76. The van der Waals surface area contributed by atoms with Crippen molar-refractivity contribution in [2.75, 3.05) is 11.5 Å². The number of anilines is 2. The quantitative estimate of drug-likeness (QED) is 0.698. The molecule has 0 aliphatic heterocycles. The zero-order chi connectivity index (χ0) is 10.8. The van der Waals surface area contributed by atoms with E-state index in [9.17, 15) is 4.39 Å². The summed E-state index contributed by atoms with van der Waals surface area (Å²) in [4.78, 5) is 0. The van der Waals surface area contributed by atoms with Crippen molar-refractivity contribution in [3.8, 4) is 11.1 Å². The van der Waals surface area contributed by atoms with E-state index in [1.807, 2.05) is 0 Å². The highest BCUT2D eigenvalue weighted by molar-refractivity contribution is 5.71. The van der Waals surface area contributed by atoms with Crippen LogP contribution >= 0.6 is 0 Å².